The number of hydrogen-bond acceptors (Lipinski definition) is 4. The predicted octanol–water partition coefficient (Wildman–Crippen LogP) is 5.54. The fraction of sp³-hybridized carbons (Fsp3) is 0.190. The zero-order valence-electron chi connectivity index (χ0n) is 14.3. The van der Waals surface area contributed by atoms with Gasteiger partial charge in [0.2, 0.25) is 0 Å². The fourth-order valence-electron chi connectivity index (χ4n) is 3.39. The van der Waals surface area contributed by atoms with E-state index in [0.717, 1.165) is 49.7 Å². The molecule has 3 nitrogen and oxygen atoms in total. The van der Waals surface area contributed by atoms with Gasteiger partial charge in [-0.3, -0.25) is 4.98 Å². The molecule has 1 atom stereocenters. The van der Waals surface area contributed by atoms with Crippen molar-refractivity contribution < 1.29 is 5.11 Å². The largest absolute Gasteiger partial charge is 0.507 e. The lowest BCUT2D eigenvalue weighted by Gasteiger charge is -2.14. The van der Waals surface area contributed by atoms with Gasteiger partial charge in [0.1, 0.15) is 5.75 Å². The molecular weight excluding hydrogens is 328 g/mol. The van der Waals surface area contributed by atoms with E-state index in [9.17, 15) is 5.11 Å². The molecule has 4 heteroatoms. The maximum absolute atomic E-state index is 10.7. The number of nitrogens with zero attached hydrogens (tertiary/aromatic N) is 1. The number of hydrogen-bond donors (Lipinski definition) is 2. The summed E-state index contributed by atoms with van der Waals surface area (Å²) >= 11 is 1.67. The Morgan fingerprint density at radius 2 is 1.96 bits per heavy atom. The number of pyridine rings is 1. The summed E-state index contributed by atoms with van der Waals surface area (Å²) in [6.07, 6.45) is 2.82. The maximum atomic E-state index is 10.7. The van der Waals surface area contributed by atoms with Crippen LogP contribution in [0, 0.1) is 6.92 Å². The van der Waals surface area contributed by atoms with Crippen LogP contribution in [-0.4, -0.2) is 10.1 Å². The molecule has 126 valence electrons. The normalized spacial score (nSPS) is 12.8. The average molecular weight is 348 g/mol. The van der Waals surface area contributed by atoms with E-state index in [0.29, 0.717) is 0 Å². The van der Waals surface area contributed by atoms with Crippen molar-refractivity contribution in [1.29, 1.82) is 0 Å². The van der Waals surface area contributed by atoms with E-state index < -0.39 is 0 Å². The number of aromatic hydroxyl groups is 1. The summed E-state index contributed by atoms with van der Waals surface area (Å²) in [7, 11) is 0. The first-order chi connectivity index (χ1) is 12.1. The average Bonchev–Trinajstić information content (AvgIpc) is 3.10. The second-order valence-electron chi connectivity index (χ2n) is 6.40. The lowest BCUT2D eigenvalue weighted by atomic mass is 9.93. The van der Waals surface area contributed by atoms with Gasteiger partial charge in [-0.05, 0) is 47.5 Å². The van der Waals surface area contributed by atoms with Crippen molar-refractivity contribution in [3.8, 4) is 16.9 Å². The molecule has 2 heterocycles. The Morgan fingerprint density at radius 1 is 1.20 bits per heavy atom. The molecule has 0 amide bonds. The minimum absolute atomic E-state index is 0.0441. The Morgan fingerprint density at radius 3 is 2.68 bits per heavy atom. The van der Waals surface area contributed by atoms with Crippen molar-refractivity contribution in [3.63, 3.8) is 0 Å². The second-order valence-corrected chi connectivity index (χ2v) is 7.35. The second kappa shape index (κ2) is 6.14. The Kier molecular flexibility index (Phi) is 3.94. The van der Waals surface area contributed by atoms with Gasteiger partial charge < -0.3 is 10.8 Å². The van der Waals surface area contributed by atoms with Crippen LogP contribution in [0.3, 0.4) is 0 Å². The molecular formula is C21H20N2OS. The number of fused-ring (bicyclic) bond motifs is 3. The van der Waals surface area contributed by atoms with Crippen LogP contribution in [0.1, 0.15) is 30.5 Å². The van der Waals surface area contributed by atoms with Gasteiger partial charge in [-0.1, -0.05) is 31.2 Å². The van der Waals surface area contributed by atoms with E-state index in [1.54, 1.807) is 17.4 Å². The maximum Gasteiger partial charge on any atom is 0.124 e. The summed E-state index contributed by atoms with van der Waals surface area (Å²) in [5, 5.41) is 14.9. The van der Waals surface area contributed by atoms with Crippen molar-refractivity contribution in [3.05, 3.63) is 59.1 Å². The zero-order valence-corrected chi connectivity index (χ0v) is 15.1. The van der Waals surface area contributed by atoms with Gasteiger partial charge in [-0.15, -0.1) is 11.3 Å². The van der Waals surface area contributed by atoms with Gasteiger partial charge >= 0.3 is 0 Å². The first-order valence-electron chi connectivity index (χ1n) is 8.44. The number of phenolic OH excluding ortho intramolecular Hbond substituents is 1. The zero-order chi connectivity index (χ0) is 17.6. The molecule has 0 saturated heterocycles. The van der Waals surface area contributed by atoms with Crippen LogP contribution >= 0.6 is 11.3 Å². The van der Waals surface area contributed by atoms with Gasteiger partial charge in [0.25, 0.3) is 0 Å². The van der Waals surface area contributed by atoms with Crippen LogP contribution in [0.15, 0.2) is 48.0 Å². The number of phenols is 1. The molecule has 0 fully saturated rings. The molecule has 0 aliphatic carbocycles. The fourth-order valence-corrected chi connectivity index (χ4v) is 4.15. The molecule has 0 bridgehead atoms. The highest BCUT2D eigenvalue weighted by Gasteiger charge is 2.16. The molecule has 0 spiro atoms. The summed E-state index contributed by atoms with van der Waals surface area (Å²) in [6, 6.07) is 12.1. The topological polar surface area (TPSA) is 59.1 Å². The first-order valence-corrected chi connectivity index (χ1v) is 9.32. The van der Waals surface area contributed by atoms with E-state index in [2.05, 4.69) is 35.5 Å². The standard InChI is InChI=1S/C21H20N2OS/c1-3-16(22)13-4-6-14(7-5-13)19-17(24)10-12(2)21-20(19)15-8-9-25-18(15)11-23-21/h4-11,16,24H,3,22H2,1-2H3/t16-/m1/s1. The van der Waals surface area contributed by atoms with Gasteiger partial charge in [0.15, 0.2) is 0 Å². The van der Waals surface area contributed by atoms with E-state index >= 15 is 0 Å². The summed E-state index contributed by atoms with van der Waals surface area (Å²) in [6.45, 7) is 4.07. The van der Waals surface area contributed by atoms with Gasteiger partial charge in [0, 0.05) is 28.6 Å². The van der Waals surface area contributed by atoms with E-state index in [-0.39, 0.29) is 11.8 Å². The molecule has 25 heavy (non-hydrogen) atoms. The van der Waals surface area contributed by atoms with Gasteiger partial charge in [0.05, 0.1) is 10.2 Å². The van der Waals surface area contributed by atoms with Crippen LogP contribution < -0.4 is 5.73 Å². The number of nitrogens with two attached hydrogens (primary N) is 1. The molecule has 2 aromatic carbocycles. The smallest absolute Gasteiger partial charge is 0.124 e. The molecule has 0 aliphatic heterocycles. The van der Waals surface area contributed by atoms with Crippen molar-refractivity contribution in [1.82, 2.24) is 4.98 Å². The van der Waals surface area contributed by atoms with Crippen LogP contribution in [0.4, 0.5) is 0 Å². The number of aromatic nitrogens is 1. The van der Waals surface area contributed by atoms with Crippen LogP contribution in [0.25, 0.3) is 32.1 Å². The lowest BCUT2D eigenvalue weighted by Crippen LogP contribution is -2.08. The van der Waals surface area contributed by atoms with E-state index in [1.165, 1.54) is 0 Å². The molecule has 4 rings (SSSR count). The predicted molar refractivity (Wildman–Crippen MR) is 106 cm³/mol. The highest BCUT2D eigenvalue weighted by molar-refractivity contribution is 7.17. The van der Waals surface area contributed by atoms with Crippen LogP contribution in [-0.2, 0) is 0 Å². The van der Waals surface area contributed by atoms with Crippen molar-refractivity contribution in [2.45, 2.75) is 26.3 Å². The first kappa shape index (κ1) is 16.1. The summed E-state index contributed by atoms with van der Waals surface area (Å²) in [5.41, 5.74) is 11.0. The third-order valence-electron chi connectivity index (χ3n) is 4.81. The van der Waals surface area contributed by atoms with E-state index in [1.807, 2.05) is 25.3 Å². The summed E-state index contributed by atoms with van der Waals surface area (Å²) in [5.74, 6) is 0.290. The molecule has 3 N–H and O–H groups in total. The molecule has 0 saturated carbocycles. The Bertz CT molecular complexity index is 1070. The number of thiophene rings is 1. The third-order valence-corrected chi connectivity index (χ3v) is 5.66. The van der Waals surface area contributed by atoms with Gasteiger partial charge in [-0.25, -0.2) is 0 Å². The van der Waals surface area contributed by atoms with Crippen molar-refractivity contribution >= 4 is 32.3 Å². The Balaban J connectivity index is 2.02. The third kappa shape index (κ3) is 2.58. The SMILES string of the molecule is CC[C@@H](N)c1ccc(-c2c(O)cc(C)c3ncc4sccc4c23)cc1. The highest BCUT2D eigenvalue weighted by atomic mass is 32.1. The van der Waals surface area contributed by atoms with Crippen molar-refractivity contribution in [2.75, 3.05) is 0 Å². The van der Waals surface area contributed by atoms with Crippen molar-refractivity contribution in [2.24, 2.45) is 5.73 Å². The highest BCUT2D eigenvalue weighted by Crippen LogP contribution is 2.42. The Labute approximate surface area is 150 Å². The number of aryl methyl sites for hydroxylation is 1. The molecule has 2 aromatic heterocycles. The lowest BCUT2D eigenvalue weighted by molar-refractivity contribution is 0.477. The minimum atomic E-state index is 0.0441. The van der Waals surface area contributed by atoms with Gasteiger partial charge in [-0.2, -0.15) is 0 Å². The summed E-state index contributed by atoms with van der Waals surface area (Å²) < 4.78 is 1.13. The Hall–Kier alpha value is -2.43. The molecule has 0 aliphatic rings. The minimum Gasteiger partial charge on any atom is -0.507 e. The van der Waals surface area contributed by atoms with Crippen LogP contribution in [0.2, 0.25) is 0 Å². The summed E-state index contributed by atoms with van der Waals surface area (Å²) in [4.78, 5) is 4.65. The molecule has 4 aromatic rings. The molecule has 0 unspecified atom stereocenters. The quantitative estimate of drug-likeness (QED) is 0.511. The number of benzene rings is 2. The number of rotatable bonds is 3. The monoisotopic (exact) mass is 348 g/mol. The van der Waals surface area contributed by atoms with E-state index in [4.69, 9.17) is 5.73 Å². The molecule has 0 radical (unpaired) electrons. The van der Waals surface area contributed by atoms with Crippen LogP contribution in [0.5, 0.6) is 5.75 Å².